The van der Waals surface area contributed by atoms with Crippen LogP contribution in [-0.2, 0) is 0 Å². The van der Waals surface area contributed by atoms with E-state index in [9.17, 15) is 15.0 Å². The molecule has 0 radical (unpaired) electrons. The van der Waals surface area contributed by atoms with Gasteiger partial charge in [0.2, 0.25) is 5.13 Å². The summed E-state index contributed by atoms with van der Waals surface area (Å²) in [6, 6.07) is 19.5. The Hall–Kier alpha value is -3.37. The number of hydrogen-bond donors (Lipinski definition) is 3. The molecule has 4 aromatic rings. The standard InChI is InChI=1S/C24H22ClN5O3S/c25-17-6-8-20-22(14-17)34-24(27-20)29-28-19-9-7-18(30(10-12-31)11-13-32)15-21(19)26-23(33)16-4-2-1-3-5-16/h1-9,14-15,31-32H,10-13H2,(H,26,33). The van der Waals surface area contributed by atoms with Crippen LogP contribution in [0.25, 0.3) is 10.2 Å². The fourth-order valence-corrected chi connectivity index (χ4v) is 4.39. The lowest BCUT2D eigenvalue weighted by Crippen LogP contribution is -2.29. The van der Waals surface area contributed by atoms with E-state index in [0.717, 1.165) is 15.9 Å². The van der Waals surface area contributed by atoms with Gasteiger partial charge in [0.15, 0.2) is 0 Å². The molecule has 8 nitrogen and oxygen atoms in total. The summed E-state index contributed by atoms with van der Waals surface area (Å²) in [5.41, 5.74) is 2.89. The zero-order chi connectivity index (χ0) is 23.9. The molecular formula is C24H22ClN5O3S. The molecule has 1 heterocycles. The van der Waals surface area contributed by atoms with Crippen LogP contribution in [0, 0.1) is 0 Å². The van der Waals surface area contributed by atoms with Gasteiger partial charge in [0.05, 0.1) is 29.1 Å². The Kier molecular flexibility index (Phi) is 7.81. The number of aromatic nitrogens is 1. The summed E-state index contributed by atoms with van der Waals surface area (Å²) < 4.78 is 0.901. The lowest BCUT2D eigenvalue weighted by atomic mass is 10.2. The molecule has 0 saturated heterocycles. The van der Waals surface area contributed by atoms with Crippen molar-refractivity contribution in [2.75, 3.05) is 36.5 Å². The molecule has 0 bridgehead atoms. The number of anilines is 2. The smallest absolute Gasteiger partial charge is 0.255 e. The first-order valence-corrected chi connectivity index (χ1v) is 11.7. The number of halogens is 1. The average Bonchev–Trinajstić information content (AvgIpc) is 3.25. The highest BCUT2D eigenvalue weighted by Crippen LogP contribution is 2.34. The van der Waals surface area contributed by atoms with Crippen molar-refractivity contribution in [3.63, 3.8) is 0 Å². The molecule has 4 rings (SSSR count). The van der Waals surface area contributed by atoms with Crippen molar-refractivity contribution in [2.45, 2.75) is 0 Å². The topological polar surface area (TPSA) is 110 Å². The van der Waals surface area contributed by atoms with Crippen LogP contribution in [0.3, 0.4) is 0 Å². The van der Waals surface area contributed by atoms with E-state index in [1.165, 1.54) is 11.3 Å². The van der Waals surface area contributed by atoms with Gasteiger partial charge in [0.1, 0.15) is 5.69 Å². The SMILES string of the molecule is O=C(Nc1cc(N(CCO)CCO)ccc1N=Nc1nc2ccc(Cl)cc2s1)c1ccccc1. The van der Waals surface area contributed by atoms with Crippen molar-refractivity contribution >= 4 is 61.3 Å². The van der Waals surface area contributed by atoms with Crippen molar-refractivity contribution in [3.05, 3.63) is 77.3 Å². The summed E-state index contributed by atoms with van der Waals surface area (Å²) >= 11 is 7.42. The Labute approximate surface area is 205 Å². The summed E-state index contributed by atoms with van der Waals surface area (Å²) in [4.78, 5) is 19.1. The number of amides is 1. The molecule has 0 aliphatic heterocycles. The number of hydrogen-bond acceptors (Lipinski definition) is 8. The monoisotopic (exact) mass is 495 g/mol. The first kappa shape index (κ1) is 23.8. The van der Waals surface area contributed by atoms with Crippen LogP contribution in [-0.4, -0.2) is 47.4 Å². The predicted octanol–water partition coefficient (Wildman–Crippen LogP) is 5.41. The van der Waals surface area contributed by atoms with Gasteiger partial charge in [0.25, 0.3) is 5.91 Å². The maximum Gasteiger partial charge on any atom is 0.255 e. The molecule has 0 unspecified atom stereocenters. The van der Waals surface area contributed by atoms with E-state index >= 15 is 0 Å². The fourth-order valence-electron chi connectivity index (χ4n) is 3.33. The van der Waals surface area contributed by atoms with Crippen LogP contribution >= 0.6 is 22.9 Å². The molecule has 0 spiro atoms. The van der Waals surface area contributed by atoms with Gasteiger partial charge in [-0.05, 0) is 48.5 Å². The number of carbonyl (C=O) groups is 1. The molecular weight excluding hydrogens is 474 g/mol. The van der Waals surface area contributed by atoms with E-state index in [-0.39, 0.29) is 19.1 Å². The summed E-state index contributed by atoms with van der Waals surface area (Å²) in [5, 5.41) is 31.4. The molecule has 10 heteroatoms. The third-order valence-corrected chi connectivity index (χ3v) is 6.09. The van der Waals surface area contributed by atoms with Crippen molar-refractivity contribution in [1.82, 2.24) is 4.98 Å². The molecule has 0 atom stereocenters. The van der Waals surface area contributed by atoms with Gasteiger partial charge in [-0.1, -0.05) is 41.1 Å². The van der Waals surface area contributed by atoms with Crippen molar-refractivity contribution in [1.29, 1.82) is 0 Å². The van der Waals surface area contributed by atoms with Crippen LogP contribution in [0.2, 0.25) is 5.02 Å². The Balaban J connectivity index is 1.67. The van der Waals surface area contributed by atoms with E-state index in [1.54, 1.807) is 48.5 Å². The highest BCUT2D eigenvalue weighted by molar-refractivity contribution is 7.21. The lowest BCUT2D eigenvalue weighted by molar-refractivity contribution is 0.102. The third kappa shape index (κ3) is 5.75. The lowest BCUT2D eigenvalue weighted by Gasteiger charge is -2.24. The van der Waals surface area contributed by atoms with Crippen LogP contribution < -0.4 is 10.2 Å². The molecule has 1 amide bonds. The number of azo groups is 1. The number of nitrogens with one attached hydrogen (secondary N) is 1. The molecule has 0 fully saturated rings. The summed E-state index contributed by atoms with van der Waals surface area (Å²) in [6.45, 7) is 0.521. The van der Waals surface area contributed by atoms with Gasteiger partial charge in [0, 0.05) is 29.4 Å². The fraction of sp³-hybridized carbons (Fsp3) is 0.167. The summed E-state index contributed by atoms with van der Waals surface area (Å²) in [6.07, 6.45) is 0. The van der Waals surface area contributed by atoms with E-state index < -0.39 is 0 Å². The zero-order valence-corrected chi connectivity index (χ0v) is 19.6. The molecule has 0 aliphatic carbocycles. The average molecular weight is 496 g/mol. The largest absolute Gasteiger partial charge is 0.395 e. The number of carbonyl (C=O) groups excluding carboxylic acids is 1. The Morgan fingerprint density at radius 1 is 1.00 bits per heavy atom. The van der Waals surface area contributed by atoms with Crippen molar-refractivity contribution in [3.8, 4) is 0 Å². The number of benzene rings is 3. The van der Waals surface area contributed by atoms with Crippen LogP contribution in [0.1, 0.15) is 10.4 Å². The van der Waals surface area contributed by atoms with E-state index in [0.29, 0.717) is 40.2 Å². The number of aliphatic hydroxyl groups excluding tert-OH is 2. The molecule has 34 heavy (non-hydrogen) atoms. The second-order valence-electron chi connectivity index (χ2n) is 7.26. The Morgan fingerprint density at radius 3 is 2.50 bits per heavy atom. The molecule has 0 aliphatic rings. The molecule has 174 valence electrons. The van der Waals surface area contributed by atoms with Crippen LogP contribution in [0.4, 0.5) is 22.2 Å². The molecule has 3 aromatic carbocycles. The molecule has 0 saturated carbocycles. The van der Waals surface area contributed by atoms with Crippen molar-refractivity contribution < 1.29 is 15.0 Å². The van der Waals surface area contributed by atoms with E-state index in [4.69, 9.17) is 11.6 Å². The van der Waals surface area contributed by atoms with E-state index in [1.807, 2.05) is 23.1 Å². The second kappa shape index (κ2) is 11.2. The number of nitrogens with zero attached hydrogens (tertiary/aromatic N) is 4. The minimum Gasteiger partial charge on any atom is -0.395 e. The third-order valence-electron chi connectivity index (χ3n) is 4.95. The molecule has 3 N–H and O–H groups in total. The first-order valence-electron chi connectivity index (χ1n) is 10.5. The minimum absolute atomic E-state index is 0.0746. The Bertz CT molecular complexity index is 1310. The van der Waals surface area contributed by atoms with Gasteiger partial charge in [-0.15, -0.1) is 10.2 Å². The van der Waals surface area contributed by atoms with Crippen molar-refractivity contribution in [2.24, 2.45) is 10.2 Å². The van der Waals surface area contributed by atoms with Gasteiger partial charge < -0.3 is 20.4 Å². The predicted molar refractivity (Wildman–Crippen MR) is 136 cm³/mol. The number of aliphatic hydroxyl groups is 2. The molecule has 1 aromatic heterocycles. The van der Waals surface area contributed by atoms with Gasteiger partial charge in [-0.25, -0.2) is 4.98 Å². The quantitative estimate of drug-likeness (QED) is 0.269. The normalized spacial score (nSPS) is 11.3. The maximum absolute atomic E-state index is 12.8. The highest BCUT2D eigenvalue weighted by Gasteiger charge is 2.13. The second-order valence-corrected chi connectivity index (χ2v) is 8.71. The minimum atomic E-state index is -0.292. The van der Waals surface area contributed by atoms with E-state index in [2.05, 4.69) is 20.5 Å². The summed E-state index contributed by atoms with van der Waals surface area (Å²) in [7, 11) is 0. The van der Waals surface area contributed by atoms with Gasteiger partial charge in [-0.2, -0.15) is 0 Å². The van der Waals surface area contributed by atoms with Gasteiger partial charge in [-0.3, -0.25) is 4.79 Å². The van der Waals surface area contributed by atoms with Crippen LogP contribution in [0.15, 0.2) is 77.0 Å². The number of rotatable bonds is 9. The zero-order valence-electron chi connectivity index (χ0n) is 18.1. The number of fused-ring (bicyclic) bond motifs is 1. The summed E-state index contributed by atoms with van der Waals surface area (Å²) in [5.74, 6) is -0.292. The van der Waals surface area contributed by atoms with Crippen LogP contribution in [0.5, 0.6) is 0 Å². The number of thiazole rings is 1. The van der Waals surface area contributed by atoms with Gasteiger partial charge >= 0.3 is 0 Å². The highest BCUT2D eigenvalue weighted by atomic mass is 35.5. The maximum atomic E-state index is 12.8. The first-order chi connectivity index (χ1) is 16.6. The Morgan fingerprint density at radius 2 is 1.76 bits per heavy atom.